The van der Waals surface area contributed by atoms with Gasteiger partial charge in [-0.05, 0) is 52.4 Å². The molecule has 0 aromatic heterocycles. The van der Waals surface area contributed by atoms with Crippen molar-refractivity contribution in [2.45, 2.75) is 39.1 Å². The molecule has 3 aromatic carbocycles. The number of nitrogens with two attached hydrogens (primary N) is 1. The fourth-order valence-corrected chi connectivity index (χ4v) is 3.66. The molecule has 3 rings (SSSR count). The van der Waals surface area contributed by atoms with Crippen LogP contribution in [-0.4, -0.2) is 25.5 Å². The number of carbonyl (C=O) groups excluding carboxylic acids is 2. The molecule has 9 heteroatoms. The van der Waals surface area contributed by atoms with Crippen LogP contribution in [0.4, 0.5) is 23.7 Å². The van der Waals surface area contributed by atoms with Gasteiger partial charge in [0, 0.05) is 5.56 Å². The lowest BCUT2D eigenvalue weighted by Gasteiger charge is -2.25. The number of halogens is 3. The molecule has 0 saturated carbocycles. The van der Waals surface area contributed by atoms with Gasteiger partial charge in [-0.2, -0.15) is 0 Å². The minimum atomic E-state index is -4.88. The summed E-state index contributed by atoms with van der Waals surface area (Å²) in [7, 11) is 1.27. The molecule has 0 atom stereocenters. The second kappa shape index (κ2) is 10.3. The predicted molar refractivity (Wildman–Crippen MR) is 131 cm³/mol. The zero-order valence-corrected chi connectivity index (χ0v) is 20.3. The molecule has 0 unspecified atom stereocenters. The first-order chi connectivity index (χ1) is 16.8. The third kappa shape index (κ3) is 6.56. The molecule has 6 nitrogen and oxygen atoms in total. The van der Waals surface area contributed by atoms with E-state index < -0.39 is 24.1 Å². The van der Waals surface area contributed by atoms with Crippen LogP contribution in [0.25, 0.3) is 11.1 Å². The average Bonchev–Trinajstić information content (AvgIpc) is 2.81. The van der Waals surface area contributed by atoms with Crippen LogP contribution in [0, 0.1) is 0 Å². The number of primary amides is 1. The van der Waals surface area contributed by atoms with Crippen LogP contribution in [0.2, 0.25) is 0 Å². The highest BCUT2D eigenvalue weighted by atomic mass is 19.4. The number of hydrogen-bond acceptors (Lipinski definition) is 4. The Morgan fingerprint density at radius 1 is 0.917 bits per heavy atom. The van der Waals surface area contributed by atoms with Gasteiger partial charge in [-0.3, -0.25) is 4.90 Å². The van der Waals surface area contributed by atoms with Crippen LogP contribution in [0.5, 0.6) is 5.75 Å². The molecule has 0 heterocycles. The number of ether oxygens (including phenoxy) is 2. The van der Waals surface area contributed by atoms with E-state index in [1.165, 1.54) is 24.1 Å². The van der Waals surface area contributed by atoms with Crippen molar-refractivity contribution in [2.75, 3.05) is 12.0 Å². The Bertz CT molecular complexity index is 1230. The van der Waals surface area contributed by atoms with Gasteiger partial charge in [-0.25, -0.2) is 9.59 Å². The number of anilines is 1. The third-order valence-corrected chi connectivity index (χ3v) is 5.54. The molecule has 3 aromatic rings. The standard InChI is InChI=1S/C27H27F3N2O4/c1-26(2,3)20-11-9-18(10-12-20)22-15-21(36-27(28,29)30)13-14-23(22)32(25(31)34)16-17-5-7-19(8-6-17)24(33)35-4/h5-15H,16H2,1-4H3,(H2,31,34). The van der Waals surface area contributed by atoms with Crippen LogP contribution in [0.15, 0.2) is 66.7 Å². The highest BCUT2D eigenvalue weighted by Crippen LogP contribution is 2.37. The number of benzene rings is 3. The molecule has 2 N–H and O–H groups in total. The van der Waals surface area contributed by atoms with E-state index >= 15 is 0 Å². The summed E-state index contributed by atoms with van der Waals surface area (Å²) in [4.78, 5) is 25.4. The van der Waals surface area contributed by atoms with Gasteiger partial charge in [-0.1, -0.05) is 57.2 Å². The smallest absolute Gasteiger partial charge is 0.465 e. The van der Waals surface area contributed by atoms with Crippen molar-refractivity contribution in [3.05, 3.63) is 83.4 Å². The Morgan fingerprint density at radius 2 is 1.53 bits per heavy atom. The van der Waals surface area contributed by atoms with Crippen molar-refractivity contribution in [1.82, 2.24) is 0 Å². The van der Waals surface area contributed by atoms with E-state index in [-0.39, 0.29) is 12.0 Å². The Balaban J connectivity index is 2.06. The second-order valence-corrected chi connectivity index (χ2v) is 9.17. The molecular formula is C27H27F3N2O4. The molecule has 0 aliphatic heterocycles. The van der Waals surface area contributed by atoms with Crippen molar-refractivity contribution in [3.8, 4) is 16.9 Å². The number of rotatable bonds is 6. The van der Waals surface area contributed by atoms with Gasteiger partial charge in [0.05, 0.1) is 24.9 Å². The van der Waals surface area contributed by atoms with Crippen LogP contribution >= 0.6 is 0 Å². The monoisotopic (exact) mass is 500 g/mol. The fraction of sp³-hybridized carbons (Fsp3) is 0.259. The van der Waals surface area contributed by atoms with E-state index in [4.69, 9.17) is 5.73 Å². The van der Waals surface area contributed by atoms with Gasteiger partial charge in [0.25, 0.3) is 0 Å². The molecule has 36 heavy (non-hydrogen) atoms. The number of esters is 1. The Morgan fingerprint density at radius 3 is 2.03 bits per heavy atom. The maximum absolute atomic E-state index is 12.9. The van der Waals surface area contributed by atoms with E-state index in [9.17, 15) is 22.8 Å². The quantitative estimate of drug-likeness (QED) is 0.396. The topological polar surface area (TPSA) is 81.9 Å². The first-order valence-corrected chi connectivity index (χ1v) is 11.0. The SMILES string of the molecule is COC(=O)c1ccc(CN(C(N)=O)c2ccc(OC(F)(F)F)cc2-c2ccc(C(C)(C)C)cc2)cc1. The van der Waals surface area contributed by atoms with Crippen LogP contribution in [0.1, 0.15) is 42.3 Å². The number of urea groups is 1. The van der Waals surface area contributed by atoms with Crippen molar-refractivity contribution in [3.63, 3.8) is 0 Å². The average molecular weight is 501 g/mol. The molecule has 190 valence electrons. The molecular weight excluding hydrogens is 473 g/mol. The molecule has 0 bridgehead atoms. The highest BCUT2D eigenvalue weighted by Gasteiger charge is 2.31. The maximum atomic E-state index is 12.9. The van der Waals surface area contributed by atoms with Gasteiger partial charge in [0.15, 0.2) is 0 Å². The highest BCUT2D eigenvalue weighted by molar-refractivity contribution is 5.96. The molecule has 0 spiro atoms. The zero-order valence-electron chi connectivity index (χ0n) is 20.3. The summed E-state index contributed by atoms with van der Waals surface area (Å²) in [5, 5.41) is 0. The summed E-state index contributed by atoms with van der Waals surface area (Å²) < 4.78 is 47.5. The van der Waals surface area contributed by atoms with Crippen molar-refractivity contribution >= 4 is 17.7 Å². The molecule has 0 fully saturated rings. The number of nitrogens with zero attached hydrogens (tertiary/aromatic N) is 1. The summed E-state index contributed by atoms with van der Waals surface area (Å²) in [5.41, 5.74) is 8.79. The number of hydrogen-bond donors (Lipinski definition) is 1. The van der Waals surface area contributed by atoms with Crippen molar-refractivity contribution < 1.29 is 32.2 Å². The van der Waals surface area contributed by atoms with E-state index in [2.05, 4.69) is 9.47 Å². The molecule has 2 amide bonds. The largest absolute Gasteiger partial charge is 0.573 e. The first-order valence-electron chi connectivity index (χ1n) is 11.0. The minimum absolute atomic E-state index is 0.0172. The summed E-state index contributed by atoms with van der Waals surface area (Å²) in [6, 6.07) is 16.6. The van der Waals surface area contributed by atoms with Crippen LogP contribution in [0.3, 0.4) is 0 Å². The summed E-state index contributed by atoms with van der Waals surface area (Å²) in [5.74, 6) is -0.928. The van der Waals surface area contributed by atoms with E-state index in [0.717, 1.165) is 11.6 Å². The van der Waals surface area contributed by atoms with Crippen LogP contribution < -0.4 is 15.4 Å². The lowest BCUT2D eigenvalue weighted by atomic mass is 9.86. The van der Waals surface area contributed by atoms with E-state index in [1.807, 2.05) is 32.9 Å². The number of methoxy groups -OCH3 is 1. The van der Waals surface area contributed by atoms with Gasteiger partial charge in [0.1, 0.15) is 5.75 Å². The Kier molecular flexibility index (Phi) is 7.62. The van der Waals surface area contributed by atoms with Crippen LogP contribution in [-0.2, 0) is 16.7 Å². The Labute approximate surface area is 207 Å². The summed E-state index contributed by atoms with van der Waals surface area (Å²) in [6.45, 7) is 6.16. The van der Waals surface area contributed by atoms with E-state index in [0.29, 0.717) is 27.9 Å². The van der Waals surface area contributed by atoms with Crippen molar-refractivity contribution in [2.24, 2.45) is 5.73 Å². The molecule has 0 aliphatic carbocycles. The third-order valence-electron chi connectivity index (χ3n) is 5.54. The number of amides is 2. The maximum Gasteiger partial charge on any atom is 0.573 e. The van der Waals surface area contributed by atoms with E-state index in [1.54, 1.807) is 36.4 Å². The lowest BCUT2D eigenvalue weighted by Crippen LogP contribution is -2.35. The van der Waals surface area contributed by atoms with Gasteiger partial charge in [0.2, 0.25) is 0 Å². The normalized spacial score (nSPS) is 11.6. The minimum Gasteiger partial charge on any atom is -0.465 e. The van der Waals surface area contributed by atoms with Gasteiger partial charge >= 0.3 is 18.4 Å². The summed E-state index contributed by atoms with van der Waals surface area (Å²) >= 11 is 0. The summed E-state index contributed by atoms with van der Waals surface area (Å²) in [6.07, 6.45) is -4.88. The molecule has 0 saturated heterocycles. The Hall–Kier alpha value is -4.01. The van der Waals surface area contributed by atoms with Crippen molar-refractivity contribution in [1.29, 1.82) is 0 Å². The number of carbonyl (C=O) groups is 2. The predicted octanol–water partition coefficient (Wildman–Crippen LogP) is 6.42. The first kappa shape index (κ1) is 26.6. The molecule has 0 radical (unpaired) electrons. The lowest BCUT2D eigenvalue weighted by molar-refractivity contribution is -0.274. The number of alkyl halides is 3. The second-order valence-electron chi connectivity index (χ2n) is 9.17. The zero-order chi connectivity index (χ0) is 26.7. The fourth-order valence-electron chi connectivity index (χ4n) is 3.66. The molecule has 0 aliphatic rings. The van der Waals surface area contributed by atoms with Gasteiger partial charge < -0.3 is 15.2 Å². The van der Waals surface area contributed by atoms with Gasteiger partial charge in [-0.15, -0.1) is 13.2 Å².